The van der Waals surface area contributed by atoms with Crippen molar-refractivity contribution in [3.8, 4) is 0 Å². The minimum atomic E-state index is 0.0513. The number of hydrogen-bond acceptors (Lipinski definition) is 1. The predicted molar refractivity (Wildman–Crippen MR) is 138 cm³/mol. The van der Waals surface area contributed by atoms with E-state index in [4.69, 9.17) is 0 Å². The highest BCUT2D eigenvalue weighted by molar-refractivity contribution is 6.12. The van der Waals surface area contributed by atoms with Crippen LogP contribution in [0.4, 0.5) is 0 Å². The van der Waals surface area contributed by atoms with Gasteiger partial charge in [0.1, 0.15) is 0 Å². The number of aromatic nitrogens is 2. The SMILES string of the molecule is O=C(c1ccc2c(ccn2Cc2ccccc2)c1)c1ccc2c(ccn2Cc2ccccc2)c1. The summed E-state index contributed by atoms with van der Waals surface area (Å²) in [5, 5.41) is 2.16. The van der Waals surface area contributed by atoms with E-state index in [9.17, 15) is 4.79 Å². The lowest BCUT2D eigenvalue weighted by molar-refractivity contribution is 0.103. The third-order valence-corrected chi connectivity index (χ3v) is 6.46. The van der Waals surface area contributed by atoms with E-state index in [1.165, 1.54) is 11.1 Å². The Kier molecular flexibility index (Phi) is 5.08. The molecule has 2 heterocycles. The Bertz CT molecular complexity index is 1490. The molecule has 0 N–H and O–H groups in total. The van der Waals surface area contributed by atoms with Crippen LogP contribution in [0.15, 0.2) is 122 Å². The zero-order valence-corrected chi connectivity index (χ0v) is 18.8. The van der Waals surface area contributed by atoms with E-state index in [0.717, 1.165) is 34.9 Å². The molecule has 3 heteroatoms. The lowest BCUT2D eigenvalue weighted by Crippen LogP contribution is -2.02. The van der Waals surface area contributed by atoms with Crippen LogP contribution in [0, 0.1) is 0 Å². The fraction of sp³-hybridized carbons (Fsp3) is 0.0645. The maximum Gasteiger partial charge on any atom is 0.193 e. The van der Waals surface area contributed by atoms with Gasteiger partial charge in [-0.2, -0.15) is 0 Å². The minimum absolute atomic E-state index is 0.0513. The molecule has 0 aliphatic rings. The number of ketones is 1. The maximum atomic E-state index is 13.3. The van der Waals surface area contributed by atoms with Gasteiger partial charge >= 0.3 is 0 Å². The normalized spacial score (nSPS) is 11.3. The van der Waals surface area contributed by atoms with Crippen molar-refractivity contribution in [1.29, 1.82) is 0 Å². The average Bonchev–Trinajstić information content (AvgIpc) is 3.48. The lowest BCUT2D eigenvalue weighted by Gasteiger charge is -2.08. The van der Waals surface area contributed by atoms with Gasteiger partial charge in [-0.25, -0.2) is 0 Å². The van der Waals surface area contributed by atoms with Crippen molar-refractivity contribution in [2.24, 2.45) is 0 Å². The summed E-state index contributed by atoms with van der Waals surface area (Å²) in [7, 11) is 0. The number of carbonyl (C=O) groups is 1. The summed E-state index contributed by atoms with van der Waals surface area (Å²) in [5.74, 6) is 0.0513. The molecule has 0 fully saturated rings. The summed E-state index contributed by atoms with van der Waals surface area (Å²) >= 11 is 0. The number of nitrogens with zero attached hydrogens (tertiary/aromatic N) is 2. The first-order valence-corrected chi connectivity index (χ1v) is 11.5. The number of rotatable bonds is 6. The van der Waals surface area contributed by atoms with Gasteiger partial charge in [-0.05, 0) is 59.7 Å². The highest BCUT2D eigenvalue weighted by Crippen LogP contribution is 2.24. The Hall–Kier alpha value is -4.37. The van der Waals surface area contributed by atoms with Crippen molar-refractivity contribution in [1.82, 2.24) is 9.13 Å². The van der Waals surface area contributed by atoms with Gasteiger partial charge in [-0.15, -0.1) is 0 Å². The van der Waals surface area contributed by atoms with Gasteiger partial charge in [0.25, 0.3) is 0 Å². The molecule has 0 atom stereocenters. The number of hydrogen-bond donors (Lipinski definition) is 0. The highest BCUT2D eigenvalue weighted by Gasteiger charge is 2.13. The first-order chi connectivity index (χ1) is 16.7. The summed E-state index contributed by atoms with van der Waals surface area (Å²) in [6.07, 6.45) is 4.18. The number of carbonyl (C=O) groups excluding carboxylic acids is 1. The van der Waals surface area contributed by atoms with E-state index in [2.05, 4.69) is 94.3 Å². The molecule has 0 bridgehead atoms. The molecular formula is C31H24N2O. The average molecular weight is 441 g/mol. The van der Waals surface area contributed by atoms with E-state index in [1.54, 1.807) is 0 Å². The summed E-state index contributed by atoms with van der Waals surface area (Å²) < 4.78 is 4.45. The summed E-state index contributed by atoms with van der Waals surface area (Å²) in [6, 6.07) is 37.0. The Morgan fingerprint density at radius 1 is 0.529 bits per heavy atom. The van der Waals surface area contributed by atoms with Gasteiger partial charge < -0.3 is 9.13 Å². The van der Waals surface area contributed by atoms with E-state index < -0.39 is 0 Å². The lowest BCUT2D eigenvalue weighted by atomic mass is 10.0. The van der Waals surface area contributed by atoms with Crippen molar-refractivity contribution in [3.63, 3.8) is 0 Å². The van der Waals surface area contributed by atoms with E-state index >= 15 is 0 Å². The van der Waals surface area contributed by atoms with Crippen molar-refractivity contribution in [2.45, 2.75) is 13.1 Å². The molecule has 0 radical (unpaired) electrons. The van der Waals surface area contributed by atoms with Crippen LogP contribution in [0.25, 0.3) is 21.8 Å². The van der Waals surface area contributed by atoms with Gasteiger partial charge in [-0.1, -0.05) is 60.7 Å². The molecule has 0 aliphatic heterocycles. The van der Waals surface area contributed by atoms with E-state index in [1.807, 2.05) is 36.4 Å². The Labute approximate surface area is 198 Å². The van der Waals surface area contributed by atoms with E-state index in [-0.39, 0.29) is 5.78 Å². The Balaban J connectivity index is 1.26. The second-order valence-corrected chi connectivity index (χ2v) is 8.73. The number of benzene rings is 4. The topological polar surface area (TPSA) is 26.9 Å². The van der Waals surface area contributed by atoms with E-state index in [0.29, 0.717) is 11.1 Å². The second kappa shape index (κ2) is 8.53. The quantitative estimate of drug-likeness (QED) is 0.258. The molecule has 6 aromatic rings. The van der Waals surface area contributed by atoms with Crippen LogP contribution >= 0.6 is 0 Å². The van der Waals surface area contributed by atoms with Crippen LogP contribution in [0.3, 0.4) is 0 Å². The van der Waals surface area contributed by atoms with Crippen LogP contribution < -0.4 is 0 Å². The van der Waals surface area contributed by atoms with Crippen molar-refractivity contribution in [3.05, 3.63) is 144 Å². The molecule has 4 aromatic carbocycles. The molecule has 0 spiro atoms. The molecule has 164 valence electrons. The monoisotopic (exact) mass is 440 g/mol. The standard InChI is InChI=1S/C31H24N2O/c34-31(27-11-13-29-25(19-27)15-17-32(29)21-23-7-3-1-4-8-23)28-12-14-30-26(20-28)16-18-33(30)22-24-9-5-2-6-10-24/h1-20H,21-22H2. The fourth-order valence-corrected chi connectivity index (χ4v) is 4.69. The number of fused-ring (bicyclic) bond motifs is 2. The molecule has 2 aromatic heterocycles. The predicted octanol–water partition coefficient (Wildman–Crippen LogP) is 6.92. The minimum Gasteiger partial charge on any atom is -0.343 e. The molecular weight excluding hydrogens is 416 g/mol. The Morgan fingerprint density at radius 3 is 1.41 bits per heavy atom. The van der Waals surface area contributed by atoms with Gasteiger partial charge in [0.15, 0.2) is 5.78 Å². The second-order valence-electron chi connectivity index (χ2n) is 8.73. The molecule has 0 saturated carbocycles. The van der Waals surface area contributed by atoms with Crippen LogP contribution in [0.5, 0.6) is 0 Å². The summed E-state index contributed by atoms with van der Waals surface area (Å²) in [6.45, 7) is 1.63. The van der Waals surface area contributed by atoms with Gasteiger partial charge in [0, 0.05) is 58.4 Å². The summed E-state index contributed by atoms with van der Waals surface area (Å²) in [4.78, 5) is 13.3. The zero-order chi connectivity index (χ0) is 22.9. The van der Waals surface area contributed by atoms with Crippen LogP contribution in [-0.4, -0.2) is 14.9 Å². The Morgan fingerprint density at radius 2 is 0.971 bits per heavy atom. The molecule has 3 nitrogen and oxygen atoms in total. The van der Waals surface area contributed by atoms with Gasteiger partial charge in [-0.3, -0.25) is 4.79 Å². The molecule has 0 amide bonds. The first kappa shape index (κ1) is 20.3. The van der Waals surface area contributed by atoms with Gasteiger partial charge in [0.05, 0.1) is 0 Å². The third-order valence-electron chi connectivity index (χ3n) is 6.46. The van der Waals surface area contributed by atoms with Crippen molar-refractivity contribution >= 4 is 27.6 Å². The smallest absolute Gasteiger partial charge is 0.193 e. The molecule has 0 unspecified atom stereocenters. The molecule has 0 aliphatic carbocycles. The molecule has 0 saturated heterocycles. The third kappa shape index (κ3) is 3.82. The van der Waals surface area contributed by atoms with Gasteiger partial charge in [0.2, 0.25) is 0 Å². The van der Waals surface area contributed by atoms with Crippen LogP contribution in [0.1, 0.15) is 27.0 Å². The highest BCUT2D eigenvalue weighted by atomic mass is 16.1. The summed E-state index contributed by atoms with van der Waals surface area (Å²) in [5.41, 5.74) is 6.21. The van der Waals surface area contributed by atoms with Crippen LogP contribution in [-0.2, 0) is 13.1 Å². The largest absolute Gasteiger partial charge is 0.343 e. The van der Waals surface area contributed by atoms with Crippen LogP contribution in [0.2, 0.25) is 0 Å². The fourth-order valence-electron chi connectivity index (χ4n) is 4.69. The maximum absolute atomic E-state index is 13.3. The molecule has 6 rings (SSSR count). The molecule has 34 heavy (non-hydrogen) atoms. The van der Waals surface area contributed by atoms with Crippen molar-refractivity contribution < 1.29 is 4.79 Å². The first-order valence-electron chi connectivity index (χ1n) is 11.5. The zero-order valence-electron chi connectivity index (χ0n) is 18.8. The van der Waals surface area contributed by atoms with Crippen molar-refractivity contribution in [2.75, 3.05) is 0 Å².